The molecule has 3 heterocycles. The number of nitrogens with one attached hydrogen (secondary N) is 1. The van der Waals surface area contributed by atoms with Gasteiger partial charge in [0.1, 0.15) is 21.5 Å². The first-order chi connectivity index (χ1) is 16.1. The molecule has 0 saturated carbocycles. The van der Waals surface area contributed by atoms with E-state index in [1.54, 1.807) is 12.3 Å². The molecule has 3 aromatic rings. The molecule has 1 N–H and O–H groups in total. The molecule has 2 aromatic heterocycles. The van der Waals surface area contributed by atoms with Gasteiger partial charge in [0.25, 0.3) is 0 Å². The van der Waals surface area contributed by atoms with E-state index in [1.807, 2.05) is 44.3 Å². The first-order valence-corrected chi connectivity index (χ1v) is 12.4. The van der Waals surface area contributed by atoms with Crippen molar-refractivity contribution >= 4 is 33.4 Å². The van der Waals surface area contributed by atoms with Crippen LogP contribution in [0.1, 0.15) is 56.5 Å². The van der Waals surface area contributed by atoms with Crippen molar-refractivity contribution in [2.24, 2.45) is 5.41 Å². The van der Waals surface area contributed by atoms with Gasteiger partial charge in [0, 0.05) is 18.5 Å². The number of anilines is 1. The predicted octanol–water partition coefficient (Wildman–Crippen LogP) is 5.35. The monoisotopic (exact) mass is 529 g/mol. The maximum atomic E-state index is 14.8. The summed E-state index contributed by atoms with van der Waals surface area (Å²) in [6.07, 6.45) is 3.48. The van der Waals surface area contributed by atoms with Crippen molar-refractivity contribution < 1.29 is 13.9 Å². The summed E-state index contributed by atoms with van der Waals surface area (Å²) in [5, 5.41) is 7.51. The number of aryl methyl sites for hydroxylation is 1. The molecule has 1 aliphatic carbocycles. The molecule has 0 bridgehead atoms. The smallest absolute Gasteiger partial charge is 0.408 e. The van der Waals surface area contributed by atoms with Crippen LogP contribution in [-0.4, -0.2) is 39.4 Å². The van der Waals surface area contributed by atoms with Crippen LogP contribution in [0.2, 0.25) is 0 Å². The number of fused-ring (bicyclic) bond motifs is 2. The quantitative estimate of drug-likeness (QED) is 0.484. The zero-order valence-electron chi connectivity index (χ0n) is 19.9. The molecule has 34 heavy (non-hydrogen) atoms. The number of alkyl carbamates (subject to hydrolysis) is 1. The zero-order valence-corrected chi connectivity index (χ0v) is 21.4. The Labute approximate surface area is 206 Å². The molecule has 5 rings (SSSR count). The Morgan fingerprint density at radius 2 is 2.00 bits per heavy atom. The summed E-state index contributed by atoms with van der Waals surface area (Å²) in [4.78, 5) is 19.9. The lowest BCUT2D eigenvalue weighted by Crippen LogP contribution is -2.48. The summed E-state index contributed by atoms with van der Waals surface area (Å²) >= 11 is 3.57. The fourth-order valence-electron chi connectivity index (χ4n) is 5.38. The van der Waals surface area contributed by atoms with Crippen molar-refractivity contribution in [1.82, 2.24) is 19.9 Å². The van der Waals surface area contributed by atoms with Crippen molar-refractivity contribution in [1.29, 1.82) is 0 Å². The van der Waals surface area contributed by atoms with Crippen molar-refractivity contribution in [2.45, 2.75) is 58.6 Å². The molecule has 1 aromatic carbocycles. The van der Waals surface area contributed by atoms with E-state index < -0.39 is 11.7 Å². The largest absolute Gasteiger partial charge is 0.444 e. The lowest BCUT2D eigenvalue weighted by atomic mass is 9.72. The summed E-state index contributed by atoms with van der Waals surface area (Å²) < 4.78 is 23.0. The van der Waals surface area contributed by atoms with Gasteiger partial charge < -0.3 is 15.0 Å². The lowest BCUT2D eigenvalue weighted by molar-refractivity contribution is 0.0428. The Bertz CT molecular complexity index is 1260. The van der Waals surface area contributed by atoms with Crippen LogP contribution >= 0.6 is 15.9 Å². The second-order valence-corrected chi connectivity index (χ2v) is 11.1. The molecule has 7 nitrogen and oxygen atoms in total. The fourth-order valence-corrected chi connectivity index (χ4v) is 5.75. The molecule has 0 radical (unpaired) electrons. The van der Waals surface area contributed by atoms with Crippen LogP contribution in [0.5, 0.6) is 0 Å². The second-order valence-electron chi connectivity index (χ2n) is 10.4. The van der Waals surface area contributed by atoms with Crippen LogP contribution in [0.25, 0.3) is 5.52 Å². The Morgan fingerprint density at radius 1 is 1.26 bits per heavy atom. The van der Waals surface area contributed by atoms with E-state index in [9.17, 15) is 9.18 Å². The first-order valence-electron chi connectivity index (χ1n) is 11.6. The van der Waals surface area contributed by atoms with Crippen LogP contribution < -0.4 is 10.2 Å². The minimum atomic E-state index is -0.605. The molecule has 1 saturated heterocycles. The number of nitrogens with zero attached hydrogens (tertiary/aromatic N) is 4. The highest BCUT2D eigenvalue weighted by Crippen LogP contribution is 2.53. The average Bonchev–Trinajstić information content (AvgIpc) is 3.36. The topological polar surface area (TPSA) is 71.8 Å². The number of ether oxygens (including phenoxy) is 1. The minimum Gasteiger partial charge on any atom is -0.444 e. The van der Waals surface area contributed by atoms with Gasteiger partial charge in [-0.15, -0.1) is 0 Å². The van der Waals surface area contributed by atoms with Crippen molar-refractivity contribution in [2.75, 3.05) is 18.0 Å². The minimum absolute atomic E-state index is 0.209. The van der Waals surface area contributed by atoms with Gasteiger partial charge in [-0.3, -0.25) is 0 Å². The number of carbonyl (C=O) groups is 1. The number of hydrogen-bond acceptors (Lipinski definition) is 5. The van der Waals surface area contributed by atoms with Gasteiger partial charge in [-0.25, -0.2) is 18.7 Å². The third kappa shape index (κ3) is 3.93. The van der Waals surface area contributed by atoms with Crippen LogP contribution in [-0.2, 0) is 11.2 Å². The van der Waals surface area contributed by atoms with E-state index in [-0.39, 0.29) is 17.3 Å². The highest BCUT2D eigenvalue weighted by Gasteiger charge is 2.50. The lowest BCUT2D eigenvalue weighted by Gasteiger charge is -2.44. The van der Waals surface area contributed by atoms with Crippen LogP contribution in [0.3, 0.4) is 0 Å². The maximum Gasteiger partial charge on any atom is 0.408 e. The van der Waals surface area contributed by atoms with Gasteiger partial charge in [0.15, 0.2) is 5.82 Å². The molecule has 180 valence electrons. The summed E-state index contributed by atoms with van der Waals surface area (Å²) in [7, 11) is 0. The zero-order chi connectivity index (χ0) is 24.3. The second kappa shape index (κ2) is 8.22. The molecule has 1 spiro atoms. The SMILES string of the molecule is Cc1nc(N2CCC3(CC2)Cc2c(F)cccc2[C@H]3NC(=O)OC(C)(C)C)c2ccnn2c1Br. The van der Waals surface area contributed by atoms with E-state index in [0.29, 0.717) is 12.0 Å². The number of aromatic nitrogens is 3. The Morgan fingerprint density at radius 3 is 2.71 bits per heavy atom. The molecule has 1 atom stereocenters. The highest BCUT2D eigenvalue weighted by atomic mass is 79.9. The Balaban J connectivity index is 1.44. The molecule has 9 heteroatoms. The van der Waals surface area contributed by atoms with E-state index in [2.05, 4.69) is 31.2 Å². The van der Waals surface area contributed by atoms with Gasteiger partial charge in [-0.1, -0.05) is 12.1 Å². The molecule has 1 amide bonds. The van der Waals surface area contributed by atoms with Crippen molar-refractivity contribution in [3.8, 4) is 0 Å². The fraction of sp³-hybridized carbons (Fsp3) is 0.480. The number of piperidine rings is 1. The molecule has 1 fully saturated rings. The highest BCUT2D eigenvalue weighted by molar-refractivity contribution is 9.10. The summed E-state index contributed by atoms with van der Waals surface area (Å²) in [5.41, 5.74) is 2.48. The van der Waals surface area contributed by atoms with E-state index in [0.717, 1.165) is 53.1 Å². The first kappa shape index (κ1) is 23.1. The van der Waals surface area contributed by atoms with E-state index >= 15 is 0 Å². The summed E-state index contributed by atoms with van der Waals surface area (Å²) in [6.45, 7) is 8.97. The average molecular weight is 530 g/mol. The molecule has 1 aliphatic heterocycles. The number of benzene rings is 1. The number of carbonyl (C=O) groups excluding carboxylic acids is 1. The molecular weight excluding hydrogens is 501 g/mol. The third-order valence-corrected chi connectivity index (χ3v) is 7.87. The number of halogens is 2. The Hall–Kier alpha value is -2.68. The normalized spacial score (nSPS) is 19.5. The summed E-state index contributed by atoms with van der Waals surface area (Å²) in [6, 6.07) is 6.81. The standard InChI is InChI=1S/C25H29BrFN5O2/c1-15-21(26)32-19(8-11-28-32)22(29-15)31-12-9-25(10-13-31)14-17-16(6-5-7-18(17)27)20(25)30-23(33)34-24(2,3)4/h5-8,11,20H,9-10,12-14H2,1-4H3,(H,30,33)/t20-/m1/s1. The molecular formula is C25H29BrFN5O2. The van der Waals surface area contributed by atoms with Gasteiger partial charge in [0.2, 0.25) is 0 Å². The van der Waals surface area contributed by atoms with Crippen molar-refractivity contribution in [3.63, 3.8) is 0 Å². The predicted molar refractivity (Wildman–Crippen MR) is 132 cm³/mol. The van der Waals surface area contributed by atoms with Gasteiger partial charge in [0.05, 0.1) is 17.9 Å². The van der Waals surface area contributed by atoms with Gasteiger partial charge >= 0.3 is 6.09 Å². The van der Waals surface area contributed by atoms with Crippen LogP contribution in [0, 0.1) is 18.2 Å². The molecule has 2 aliphatic rings. The number of amides is 1. The maximum absolute atomic E-state index is 14.8. The molecule has 0 unspecified atom stereocenters. The van der Waals surface area contributed by atoms with Crippen LogP contribution in [0.4, 0.5) is 15.0 Å². The van der Waals surface area contributed by atoms with Crippen molar-refractivity contribution in [3.05, 3.63) is 57.7 Å². The van der Waals surface area contributed by atoms with Gasteiger partial charge in [-0.05, 0) is 86.1 Å². The van der Waals surface area contributed by atoms with Crippen LogP contribution in [0.15, 0.2) is 35.1 Å². The Kier molecular flexibility index (Phi) is 5.58. The number of hydrogen-bond donors (Lipinski definition) is 1. The van der Waals surface area contributed by atoms with E-state index in [4.69, 9.17) is 9.72 Å². The van der Waals surface area contributed by atoms with E-state index in [1.165, 1.54) is 6.07 Å². The third-order valence-electron chi connectivity index (χ3n) is 6.96. The van der Waals surface area contributed by atoms with Gasteiger partial charge in [-0.2, -0.15) is 5.10 Å². The summed E-state index contributed by atoms with van der Waals surface area (Å²) in [5.74, 6) is 0.686. The number of rotatable bonds is 2.